The van der Waals surface area contributed by atoms with Crippen molar-refractivity contribution in [2.75, 3.05) is 0 Å². The molecule has 1 heterocycles. The van der Waals surface area contributed by atoms with Crippen LogP contribution in [0.2, 0.25) is 0 Å². The Kier molecular flexibility index (Phi) is 4.77. The minimum Gasteiger partial charge on any atom is -0.458 e. The number of rotatable bonds is 3. The number of fused-ring (bicyclic) bond motifs is 3. The van der Waals surface area contributed by atoms with Crippen molar-refractivity contribution in [3.05, 3.63) is 24.3 Å². The minimum absolute atomic E-state index is 0.0935. The lowest BCUT2D eigenvalue weighted by Crippen LogP contribution is -2.70. The van der Waals surface area contributed by atoms with Crippen LogP contribution in [0.1, 0.15) is 40.0 Å². The van der Waals surface area contributed by atoms with Crippen LogP contribution in [0, 0.1) is 17.3 Å². The SMILES string of the molecule is C=C(C(=O)O[C@H]1C[C@@]2(C)[C@H](O)CCC(=C)[C@]2(O)[C@H]2OC(=O)[C@@H](C)[C@H]12)C(C)O. The molecule has 2 saturated carbocycles. The van der Waals surface area contributed by atoms with Crippen molar-refractivity contribution in [3.8, 4) is 0 Å². The Hall–Kier alpha value is -1.70. The van der Waals surface area contributed by atoms with Gasteiger partial charge in [-0.2, -0.15) is 0 Å². The summed E-state index contributed by atoms with van der Waals surface area (Å²) in [5.74, 6) is -2.42. The van der Waals surface area contributed by atoms with Gasteiger partial charge < -0.3 is 24.8 Å². The summed E-state index contributed by atoms with van der Waals surface area (Å²) in [6, 6.07) is 0. The second kappa shape index (κ2) is 6.43. The second-order valence-electron chi connectivity index (χ2n) is 8.41. The molecule has 3 rings (SSSR count). The van der Waals surface area contributed by atoms with Gasteiger partial charge in [0, 0.05) is 11.3 Å². The van der Waals surface area contributed by atoms with E-state index in [1.807, 2.05) is 0 Å². The van der Waals surface area contributed by atoms with Crippen molar-refractivity contribution in [2.24, 2.45) is 17.3 Å². The van der Waals surface area contributed by atoms with E-state index >= 15 is 0 Å². The number of carbonyl (C=O) groups excluding carboxylic acids is 2. The van der Waals surface area contributed by atoms with Crippen molar-refractivity contribution in [1.82, 2.24) is 0 Å². The van der Waals surface area contributed by atoms with E-state index in [4.69, 9.17) is 9.47 Å². The maximum Gasteiger partial charge on any atom is 0.336 e. The molecule has 1 unspecified atom stereocenters. The van der Waals surface area contributed by atoms with Gasteiger partial charge in [-0.05, 0) is 31.8 Å². The molecule has 150 valence electrons. The fraction of sp³-hybridized carbons (Fsp3) is 0.700. The number of esters is 2. The second-order valence-corrected chi connectivity index (χ2v) is 8.41. The Morgan fingerprint density at radius 2 is 2.07 bits per heavy atom. The van der Waals surface area contributed by atoms with Crippen LogP contribution in [0.25, 0.3) is 0 Å². The molecule has 1 aliphatic heterocycles. The third-order valence-electron chi connectivity index (χ3n) is 6.90. The zero-order valence-electron chi connectivity index (χ0n) is 16.0. The van der Waals surface area contributed by atoms with Gasteiger partial charge in [0.2, 0.25) is 0 Å². The summed E-state index contributed by atoms with van der Waals surface area (Å²) in [7, 11) is 0. The summed E-state index contributed by atoms with van der Waals surface area (Å²) >= 11 is 0. The molecule has 3 fully saturated rings. The lowest BCUT2D eigenvalue weighted by molar-refractivity contribution is -0.241. The Morgan fingerprint density at radius 3 is 2.67 bits per heavy atom. The van der Waals surface area contributed by atoms with Crippen molar-refractivity contribution in [3.63, 3.8) is 0 Å². The molecule has 1 saturated heterocycles. The van der Waals surface area contributed by atoms with Crippen molar-refractivity contribution in [2.45, 2.75) is 70.1 Å². The average molecular weight is 380 g/mol. The maximum atomic E-state index is 12.4. The average Bonchev–Trinajstić information content (AvgIpc) is 2.90. The van der Waals surface area contributed by atoms with Crippen LogP contribution >= 0.6 is 0 Å². The number of aliphatic hydroxyl groups excluding tert-OH is 2. The first-order valence-corrected chi connectivity index (χ1v) is 9.32. The first-order valence-electron chi connectivity index (χ1n) is 9.32. The van der Waals surface area contributed by atoms with Gasteiger partial charge in [0.25, 0.3) is 0 Å². The van der Waals surface area contributed by atoms with Gasteiger partial charge in [0.05, 0.1) is 23.7 Å². The molecule has 7 heteroatoms. The molecule has 0 aromatic rings. The Balaban J connectivity index is 2.02. The van der Waals surface area contributed by atoms with Crippen LogP contribution < -0.4 is 0 Å². The van der Waals surface area contributed by atoms with E-state index in [0.717, 1.165) is 0 Å². The number of hydrogen-bond acceptors (Lipinski definition) is 7. The highest BCUT2D eigenvalue weighted by molar-refractivity contribution is 5.89. The molecule has 8 atom stereocenters. The topological polar surface area (TPSA) is 113 Å². The standard InChI is InChI=1S/C20H28O7/c1-9-6-7-14(22)19(5)8-13(26-17(23)10(2)12(4)21)15-11(3)18(24)27-16(15)20(9,19)25/h11-16,21-22,25H,1-2,6-8H2,3-5H3/t11-,12?,13-,14+,15+,16-,19-,20-/m0/s1. The maximum absolute atomic E-state index is 12.4. The van der Waals surface area contributed by atoms with Gasteiger partial charge in [0.15, 0.2) is 0 Å². The van der Waals surface area contributed by atoms with Crippen LogP contribution in [0.5, 0.6) is 0 Å². The van der Waals surface area contributed by atoms with Crippen LogP contribution in [0.4, 0.5) is 0 Å². The molecule has 3 N–H and O–H groups in total. The molecule has 0 spiro atoms. The third-order valence-corrected chi connectivity index (χ3v) is 6.90. The molecule has 3 aliphatic rings. The van der Waals surface area contributed by atoms with E-state index in [-0.39, 0.29) is 12.0 Å². The molecule has 2 aliphatic carbocycles. The predicted molar refractivity (Wildman–Crippen MR) is 95.3 cm³/mol. The van der Waals surface area contributed by atoms with E-state index in [1.165, 1.54) is 6.92 Å². The number of hydrogen-bond donors (Lipinski definition) is 3. The molecule has 7 nitrogen and oxygen atoms in total. The zero-order chi connectivity index (χ0) is 20.3. The first kappa shape index (κ1) is 20.0. The minimum atomic E-state index is -1.60. The van der Waals surface area contributed by atoms with Gasteiger partial charge in [-0.1, -0.05) is 27.0 Å². The fourth-order valence-corrected chi connectivity index (χ4v) is 4.96. The molecule has 27 heavy (non-hydrogen) atoms. The number of aliphatic hydroxyl groups is 3. The fourth-order valence-electron chi connectivity index (χ4n) is 4.96. The van der Waals surface area contributed by atoms with Gasteiger partial charge in [-0.15, -0.1) is 0 Å². The monoisotopic (exact) mass is 380 g/mol. The smallest absolute Gasteiger partial charge is 0.336 e. The third kappa shape index (κ3) is 2.67. The van der Waals surface area contributed by atoms with E-state index in [2.05, 4.69) is 13.2 Å². The summed E-state index contributed by atoms with van der Waals surface area (Å²) in [6.45, 7) is 12.3. The highest BCUT2D eigenvalue weighted by Gasteiger charge is 2.71. The molecular weight excluding hydrogens is 352 g/mol. The van der Waals surface area contributed by atoms with Crippen LogP contribution in [0.3, 0.4) is 0 Å². The first-order chi connectivity index (χ1) is 12.4. The summed E-state index contributed by atoms with van der Waals surface area (Å²) in [4.78, 5) is 24.7. The number of ether oxygens (including phenoxy) is 2. The normalized spacial score (nSPS) is 44.7. The molecule has 0 aromatic carbocycles. The van der Waals surface area contributed by atoms with Gasteiger partial charge in [0.1, 0.15) is 17.8 Å². The summed E-state index contributed by atoms with van der Waals surface area (Å²) in [6.07, 6.45) is -2.69. The van der Waals surface area contributed by atoms with Gasteiger partial charge >= 0.3 is 11.9 Å². The van der Waals surface area contributed by atoms with Crippen molar-refractivity contribution >= 4 is 11.9 Å². The molecular formula is C20H28O7. The summed E-state index contributed by atoms with van der Waals surface area (Å²) < 4.78 is 11.1. The van der Waals surface area contributed by atoms with Crippen molar-refractivity contribution in [1.29, 1.82) is 0 Å². The van der Waals surface area contributed by atoms with Crippen molar-refractivity contribution < 1.29 is 34.4 Å². The summed E-state index contributed by atoms with van der Waals surface area (Å²) in [5, 5.41) is 31.9. The Labute approximate surface area is 158 Å². The van der Waals surface area contributed by atoms with E-state index in [0.29, 0.717) is 18.4 Å². The van der Waals surface area contributed by atoms with Crippen LogP contribution in [-0.2, 0) is 19.1 Å². The predicted octanol–water partition coefficient (Wildman–Crippen LogP) is 0.865. The number of carbonyl (C=O) groups is 2. The van der Waals surface area contributed by atoms with Crippen LogP contribution in [0.15, 0.2) is 24.3 Å². The highest BCUT2D eigenvalue weighted by Crippen LogP contribution is 2.60. The lowest BCUT2D eigenvalue weighted by atomic mass is 9.50. The molecule has 0 amide bonds. The van der Waals surface area contributed by atoms with E-state index < -0.39 is 59.2 Å². The van der Waals surface area contributed by atoms with Gasteiger partial charge in [-0.3, -0.25) is 4.79 Å². The molecule has 0 radical (unpaired) electrons. The molecule has 0 bridgehead atoms. The summed E-state index contributed by atoms with van der Waals surface area (Å²) in [5.41, 5.74) is -2.26. The largest absolute Gasteiger partial charge is 0.458 e. The molecule has 0 aromatic heterocycles. The highest BCUT2D eigenvalue weighted by atomic mass is 16.6. The lowest BCUT2D eigenvalue weighted by Gasteiger charge is -2.59. The van der Waals surface area contributed by atoms with E-state index in [1.54, 1.807) is 13.8 Å². The Bertz CT molecular complexity index is 698. The van der Waals surface area contributed by atoms with E-state index in [9.17, 15) is 24.9 Å². The van der Waals surface area contributed by atoms with Gasteiger partial charge in [-0.25, -0.2) is 4.79 Å². The quantitative estimate of drug-likeness (QED) is 0.378. The zero-order valence-corrected chi connectivity index (χ0v) is 16.0. The Morgan fingerprint density at radius 1 is 1.44 bits per heavy atom. The van der Waals surface area contributed by atoms with Crippen LogP contribution in [-0.4, -0.2) is 57.3 Å².